The van der Waals surface area contributed by atoms with Crippen molar-refractivity contribution in [1.29, 1.82) is 0 Å². The highest BCUT2D eigenvalue weighted by molar-refractivity contribution is 7.21. The fourth-order valence-corrected chi connectivity index (χ4v) is 23.2. The van der Waals surface area contributed by atoms with Crippen LogP contribution in [0.25, 0.3) is 117 Å². The predicted molar refractivity (Wildman–Crippen MR) is 563 cm³/mol. The highest BCUT2D eigenvalue weighted by atomic mass is 32.1. The van der Waals surface area contributed by atoms with E-state index in [1.165, 1.54) is 117 Å². The first-order valence-electron chi connectivity index (χ1n) is 47.3. The zero-order chi connectivity index (χ0) is 95.8. The maximum Gasteiger partial charge on any atom is 0.277 e. The number of furan rings is 1. The van der Waals surface area contributed by atoms with Crippen LogP contribution < -0.4 is 57.6 Å². The lowest BCUT2D eigenvalue weighted by Crippen LogP contribution is -2.31. The predicted octanol–water partition coefficient (Wildman–Crippen LogP) is 19.4. The summed E-state index contributed by atoms with van der Waals surface area (Å²) in [5, 5.41) is 37.5. The van der Waals surface area contributed by atoms with E-state index < -0.39 is 0 Å². The van der Waals surface area contributed by atoms with Crippen molar-refractivity contribution < 1.29 is 13.7 Å². The van der Waals surface area contributed by atoms with Gasteiger partial charge >= 0.3 is 0 Å². The third-order valence-corrected chi connectivity index (χ3v) is 30.8. The Hall–Kier alpha value is -14.8. The van der Waals surface area contributed by atoms with Gasteiger partial charge in [-0.1, -0.05) is 153 Å². The normalized spacial score (nSPS) is 15.0. The zero-order valence-electron chi connectivity index (χ0n) is 77.2. The number of amides is 1. The number of anilines is 6. The highest BCUT2D eigenvalue weighted by Gasteiger charge is 2.26. The molecular formula is C103H96N24O8S6. The van der Waals surface area contributed by atoms with Gasteiger partial charge in [0.05, 0.1) is 24.8 Å². The summed E-state index contributed by atoms with van der Waals surface area (Å²) in [7, 11) is 0. The molecule has 19 aromatic rings. The molecule has 141 heavy (non-hydrogen) atoms. The maximum absolute atomic E-state index is 12.6. The van der Waals surface area contributed by atoms with E-state index in [0.29, 0.717) is 41.1 Å². The Bertz CT molecular complexity index is 7940. The average Bonchev–Trinajstić information content (AvgIpc) is 1.64. The maximum atomic E-state index is 12.6. The molecule has 6 aliphatic rings. The van der Waals surface area contributed by atoms with Crippen LogP contribution in [-0.4, -0.2) is 167 Å². The summed E-state index contributed by atoms with van der Waals surface area (Å²) in [6.45, 7) is 14.1. The molecule has 0 aliphatic carbocycles. The number of aryl methyl sites for hydroxylation is 2. The minimum Gasteiger partial charge on any atom is -0.472 e. The van der Waals surface area contributed by atoms with E-state index in [0.717, 1.165) is 264 Å². The first-order valence-corrected chi connectivity index (χ1v) is 52.4. The van der Waals surface area contributed by atoms with Crippen molar-refractivity contribution in [2.45, 2.75) is 110 Å². The molecule has 25 rings (SSSR count). The summed E-state index contributed by atoms with van der Waals surface area (Å²) in [5.74, 6) is 4.37. The Morgan fingerprint density at radius 3 is 1.06 bits per heavy atom. The van der Waals surface area contributed by atoms with E-state index in [1.807, 2.05) is 111 Å². The van der Waals surface area contributed by atoms with Crippen LogP contribution in [0.2, 0.25) is 0 Å². The minimum absolute atomic E-state index is 0.114. The van der Waals surface area contributed by atoms with Gasteiger partial charge in [-0.2, -0.15) is 59.4 Å². The second-order valence-corrected chi connectivity index (χ2v) is 40.5. The van der Waals surface area contributed by atoms with Crippen molar-refractivity contribution >= 4 is 145 Å². The number of aliphatic imine (C=N–C) groups is 1. The number of rotatable bonds is 16. The Morgan fingerprint density at radius 2 is 0.709 bits per heavy atom. The van der Waals surface area contributed by atoms with Gasteiger partial charge in [0, 0.05) is 165 Å². The number of nitrogens with zero attached hydrogens (tertiary/aromatic N) is 23. The highest BCUT2D eigenvalue weighted by Crippen LogP contribution is 2.38. The molecule has 32 nitrogen and oxygen atoms in total. The summed E-state index contributed by atoms with van der Waals surface area (Å²) in [5.41, 5.74) is 14.7. The molecule has 0 atom stereocenters. The molecule has 0 spiro atoms. The number of benzene rings is 5. The van der Waals surface area contributed by atoms with Gasteiger partial charge in [-0.05, 0) is 215 Å². The molecule has 38 heteroatoms. The monoisotopic (exact) mass is 1990 g/mol. The minimum atomic E-state index is -0.215. The molecule has 5 saturated heterocycles. The molecule has 20 heterocycles. The fourth-order valence-electron chi connectivity index (χ4n) is 18.0. The Labute approximate surface area is 831 Å². The standard InChI is InChI=1S/C22H20N6O2S.C21H21N5O2S.C20H19N5OS.C20H18N4O2S.C20H18N4OS2/c29-19-14-18(27-11-2-1-3-12-27)25-22-28(19)26-21(31-22)16-5-4-6-17(13-16)24-20(30)15-7-9-23-10-8-15;1-13-19(14(2)28-24-13)15-7-6-8-16(11-15)20-23-26-18(27)12-17(22-21(26)29-20)25-9-4-3-5-10-25;26-18-12-17(24-9-2-1-3-10-24)22-20-25(18)23-19(27-20)15-6-4-5-14(11-15)16-7-8-21-13-16;2*25-18-12-17(23-8-2-1-3-9-23)21-20-24(18)22-19(27-20)15-6-4-5-14(11-15)16-7-10-26-13-16/h4-10,13-14H,1-3,11-12H2,(H,24,30);6-8,11-12H,3-5,9-10H2,1-2H3;4-7,11-13H,1-3,8-10H2;2*4-7,10-13H,1-3,8-9H2. The first-order chi connectivity index (χ1) is 69.1. The van der Waals surface area contributed by atoms with Crippen LogP contribution in [-0.2, 0) is 0 Å². The van der Waals surface area contributed by atoms with Gasteiger partial charge in [-0.25, -0.2) is 24.9 Å². The molecule has 1 amide bonds. The molecule has 0 bridgehead atoms. The Kier molecular flexibility index (Phi) is 27.6. The lowest BCUT2D eigenvalue weighted by Gasteiger charge is -2.27. The topological polar surface area (TPSA) is 346 Å². The number of hydrogen-bond donors (Lipinski definition) is 1. The number of aromatic nitrogens is 17. The van der Waals surface area contributed by atoms with Crippen LogP contribution >= 0.6 is 68.0 Å². The second kappa shape index (κ2) is 42.1. The Balaban J connectivity index is 0.000000105. The van der Waals surface area contributed by atoms with E-state index >= 15 is 0 Å². The number of thiophene rings is 1. The summed E-state index contributed by atoms with van der Waals surface area (Å²) >= 11 is 8.84. The molecule has 5 fully saturated rings. The number of fused-ring (bicyclic) bond motifs is 5. The van der Waals surface area contributed by atoms with Crippen LogP contribution in [0.4, 0.5) is 34.8 Å². The number of piperidine rings is 5. The van der Waals surface area contributed by atoms with E-state index in [2.05, 4.69) is 135 Å². The number of hydrogen-bond acceptors (Lipinski definition) is 32. The average molecular weight is 1990 g/mol. The number of nitrogens with one attached hydrogen (secondary N) is 1. The van der Waals surface area contributed by atoms with Crippen LogP contribution in [0.15, 0.2) is 256 Å². The van der Waals surface area contributed by atoms with Gasteiger partial charge in [0.2, 0.25) is 24.8 Å². The smallest absolute Gasteiger partial charge is 0.277 e. The molecule has 712 valence electrons. The quantitative estimate of drug-likeness (QED) is 0.0939. The number of carbonyl (C=O) groups is 1. The van der Waals surface area contributed by atoms with E-state index in [4.69, 9.17) is 28.9 Å². The zero-order valence-corrected chi connectivity index (χ0v) is 82.1. The van der Waals surface area contributed by atoms with E-state index in [-0.39, 0.29) is 33.7 Å². The van der Waals surface area contributed by atoms with Gasteiger partial charge < -0.3 is 38.8 Å². The molecular weight excluding hydrogens is 1890 g/mol. The van der Waals surface area contributed by atoms with E-state index in [1.54, 1.807) is 78.7 Å². The van der Waals surface area contributed by atoms with Gasteiger partial charge in [0.1, 0.15) is 59.9 Å². The lowest BCUT2D eigenvalue weighted by atomic mass is 10.0. The van der Waals surface area contributed by atoms with Crippen molar-refractivity contribution in [3.05, 3.63) is 292 Å². The second-order valence-electron chi connectivity index (χ2n) is 35.0. The van der Waals surface area contributed by atoms with Crippen molar-refractivity contribution in [3.8, 4) is 86.2 Å². The summed E-state index contributed by atoms with van der Waals surface area (Å²) in [6.07, 6.45) is 28.2. The number of pyridine rings is 1. The van der Waals surface area contributed by atoms with Gasteiger partial charge in [0.25, 0.3) is 33.7 Å². The fraction of sp³-hybridized carbons (Fsp3) is 0.272. The van der Waals surface area contributed by atoms with Gasteiger partial charge in [-0.15, -0.1) is 0 Å². The summed E-state index contributed by atoms with van der Waals surface area (Å²) in [6, 6.07) is 55.3. The van der Waals surface area contributed by atoms with Gasteiger partial charge in [-0.3, -0.25) is 38.7 Å². The molecule has 0 saturated carbocycles. The van der Waals surface area contributed by atoms with Crippen molar-refractivity contribution in [3.63, 3.8) is 0 Å². The van der Waals surface area contributed by atoms with Crippen molar-refractivity contribution in [1.82, 2.24) is 83.1 Å². The summed E-state index contributed by atoms with van der Waals surface area (Å²) in [4.78, 5) is 121. The van der Waals surface area contributed by atoms with Crippen molar-refractivity contribution in [2.24, 2.45) is 4.99 Å². The Morgan fingerprint density at radius 1 is 0.362 bits per heavy atom. The molecule has 0 radical (unpaired) electrons. The lowest BCUT2D eigenvalue weighted by molar-refractivity contribution is 0.102. The molecule has 14 aromatic heterocycles. The third-order valence-electron chi connectivity index (χ3n) is 25.3. The molecule has 1 N–H and O–H groups in total. The SMILES string of the molecule is Cc1noc(C)c1-c1cccc(-c2nn3c(=O)cc(N4CCCCC4)nc3s2)c1.O=C(Nc1cccc(-c2nn3c(=O)cc(N4CCCCC4)nc3s2)c1)c1ccncc1.O=c1cc(N2CCCCC2)nc2sc(-c3cccc(-c4ccoc4)c3)nn12.O=c1cc(N2CCCCC2)nc2sc(-c3cccc(-c4ccsc4)c3)nn12.O=c1cc(N2CCCCC2)nc2sc(-c3cccc(C4=CCN=C4)c3)nn12. The molecule has 0 unspecified atom stereocenters. The van der Waals surface area contributed by atoms with Crippen LogP contribution in [0.3, 0.4) is 0 Å². The number of carbonyl (C=O) groups excluding carboxylic acids is 1. The largest absolute Gasteiger partial charge is 0.472 e. The van der Waals surface area contributed by atoms with Crippen molar-refractivity contribution in [2.75, 3.05) is 102 Å². The van der Waals surface area contributed by atoms with Crippen LogP contribution in [0.5, 0.6) is 0 Å². The van der Waals surface area contributed by atoms with Crippen LogP contribution in [0, 0.1) is 13.8 Å². The third kappa shape index (κ3) is 20.9. The molecule has 5 aromatic carbocycles. The van der Waals surface area contributed by atoms with Crippen LogP contribution in [0.1, 0.15) is 124 Å². The van der Waals surface area contributed by atoms with E-state index in [9.17, 15) is 28.8 Å². The summed E-state index contributed by atoms with van der Waals surface area (Å²) < 4.78 is 17.5. The molecule has 6 aliphatic heterocycles. The first kappa shape index (κ1) is 92.5. The van der Waals surface area contributed by atoms with Gasteiger partial charge in [0.15, 0.2) is 0 Å². The number of allylic oxidation sites excluding steroid dienone is 1.